The molecule has 0 aliphatic rings. The SMILES string of the molecule is Cc1cc([N+](=O)[O-])ccc1-c1nc(N)no1. The van der Waals surface area contributed by atoms with Crippen molar-refractivity contribution in [2.24, 2.45) is 0 Å². The molecule has 0 aliphatic carbocycles. The normalized spacial score (nSPS) is 10.3. The number of hydrogen-bond donors (Lipinski definition) is 1. The third kappa shape index (κ3) is 1.70. The van der Waals surface area contributed by atoms with Crippen LogP contribution < -0.4 is 5.73 Å². The van der Waals surface area contributed by atoms with Crippen molar-refractivity contribution < 1.29 is 9.45 Å². The van der Waals surface area contributed by atoms with Crippen molar-refractivity contribution in [1.29, 1.82) is 0 Å². The first-order chi connectivity index (χ1) is 7.58. The Morgan fingerprint density at radius 2 is 2.25 bits per heavy atom. The van der Waals surface area contributed by atoms with Crippen LogP contribution in [0.1, 0.15) is 5.56 Å². The zero-order chi connectivity index (χ0) is 11.7. The summed E-state index contributed by atoms with van der Waals surface area (Å²) in [6.45, 7) is 1.72. The van der Waals surface area contributed by atoms with Gasteiger partial charge < -0.3 is 10.3 Å². The maximum atomic E-state index is 10.5. The minimum absolute atomic E-state index is 0.0220. The van der Waals surface area contributed by atoms with Gasteiger partial charge in [-0.2, -0.15) is 4.98 Å². The Bertz CT molecular complexity index is 549. The fourth-order valence-electron chi connectivity index (χ4n) is 1.35. The molecule has 0 fully saturated rings. The van der Waals surface area contributed by atoms with Gasteiger partial charge in [0.25, 0.3) is 17.5 Å². The van der Waals surface area contributed by atoms with Gasteiger partial charge in [0.05, 0.1) is 4.92 Å². The predicted octanol–water partition coefficient (Wildman–Crippen LogP) is 1.54. The zero-order valence-corrected chi connectivity index (χ0v) is 8.38. The molecule has 1 aromatic heterocycles. The molecule has 0 spiro atoms. The zero-order valence-electron chi connectivity index (χ0n) is 8.38. The van der Waals surface area contributed by atoms with E-state index in [0.717, 1.165) is 0 Å². The molecule has 1 aromatic carbocycles. The Labute approximate surface area is 90.0 Å². The number of benzene rings is 1. The number of rotatable bonds is 2. The number of non-ortho nitro benzene ring substituents is 1. The smallest absolute Gasteiger partial charge is 0.269 e. The second-order valence-electron chi connectivity index (χ2n) is 3.21. The highest BCUT2D eigenvalue weighted by Gasteiger charge is 2.13. The van der Waals surface area contributed by atoms with E-state index in [1.165, 1.54) is 12.1 Å². The molecule has 0 unspecified atom stereocenters. The molecule has 0 amide bonds. The summed E-state index contributed by atoms with van der Waals surface area (Å²) in [4.78, 5) is 13.9. The lowest BCUT2D eigenvalue weighted by Gasteiger charge is -1.99. The van der Waals surface area contributed by atoms with Gasteiger partial charge in [-0.05, 0) is 23.7 Å². The number of anilines is 1. The number of hydrogen-bond acceptors (Lipinski definition) is 6. The number of nitro benzene ring substituents is 1. The van der Waals surface area contributed by atoms with Crippen LogP contribution in [0.4, 0.5) is 11.6 Å². The molecule has 0 saturated carbocycles. The summed E-state index contributed by atoms with van der Waals surface area (Å²) in [6, 6.07) is 4.37. The lowest BCUT2D eigenvalue weighted by molar-refractivity contribution is -0.384. The number of nitrogen functional groups attached to an aromatic ring is 1. The molecular formula is C9H8N4O3. The summed E-state index contributed by atoms with van der Waals surface area (Å²) in [5.41, 5.74) is 6.65. The van der Waals surface area contributed by atoms with Gasteiger partial charge in [-0.1, -0.05) is 0 Å². The van der Waals surface area contributed by atoms with Crippen LogP contribution in [0.25, 0.3) is 11.5 Å². The van der Waals surface area contributed by atoms with Crippen LogP contribution >= 0.6 is 0 Å². The van der Waals surface area contributed by atoms with E-state index in [-0.39, 0.29) is 17.5 Å². The summed E-state index contributed by atoms with van der Waals surface area (Å²) in [6.07, 6.45) is 0. The topological polar surface area (TPSA) is 108 Å². The van der Waals surface area contributed by atoms with Gasteiger partial charge in [0, 0.05) is 17.7 Å². The van der Waals surface area contributed by atoms with Crippen LogP contribution in [-0.4, -0.2) is 15.1 Å². The summed E-state index contributed by atoms with van der Waals surface area (Å²) >= 11 is 0. The molecule has 1 heterocycles. The van der Waals surface area contributed by atoms with Crippen LogP contribution in [0, 0.1) is 17.0 Å². The third-order valence-electron chi connectivity index (χ3n) is 2.09. The van der Waals surface area contributed by atoms with Crippen LogP contribution in [0.3, 0.4) is 0 Å². The molecule has 82 valence electrons. The fourth-order valence-corrected chi connectivity index (χ4v) is 1.35. The van der Waals surface area contributed by atoms with E-state index in [0.29, 0.717) is 11.1 Å². The first-order valence-electron chi connectivity index (χ1n) is 4.42. The van der Waals surface area contributed by atoms with Crippen molar-refractivity contribution in [3.8, 4) is 11.5 Å². The second-order valence-corrected chi connectivity index (χ2v) is 3.21. The maximum Gasteiger partial charge on any atom is 0.269 e. The standard InChI is InChI=1S/C9H8N4O3/c1-5-4-6(13(14)15)2-3-7(5)8-11-9(10)12-16-8/h2-4H,1H3,(H2,10,12). The Kier molecular flexibility index (Phi) is 2.28. The van der Waals surface area contributed by atoms with E-state index in [4.69, 9.17) is 10.3 Å². The van der Waals surface area contributed by atoms with Gasteiger partial charge in [0.15, 0.2) is 0 Å². The van der Waals surface area contributed by atoms with E-state index < -0.39 is 4.92 Å². The van der Waals surface area contributed by atoms with Gasteiger partial charge in [0.1, 0.15) is 0 Å². The summed E-state index contributed by atoms with van der Waals surface area (Å²) in [5, 5.41) is 14.0. The second kappa shape index (κ2) is 3.61. The highest BCUT2D eigenvalue weighted by Crippen LogP contribution is 2.25. The number of aryl methyl sites for hydroxylation is 1. The summed E-state index contributed by atoms with van der Waals surface area (Å²) < 4.78 is 4.88. The quantitative estimate of drug-likeness (QED) is 0.607. The average Bonchev–Trinajstić information content (AvgIpc) is 2.64. The Morgan fingerprint density at radius 3 is 2.75 bits per heavy atom. The maximum absolute atomic E-state index is 10.5. The van der Waals surface area contributed by atoms with Crippen molar-refractivity contribution >= 4 is 11.6 Å². The lowest BCUT2D eigenvalue weighted by Crippen LogP contribution is -1.91. The van der Waals surface area contributed by atoms with Gasteiger partial charge in [0.2, 0.25) is 0 Å². The number of nitrogens with zero attached hydrogens (tertiary/aromatic N) is 3. The molecule has 16 heavy (non-hydrogen) atoms. The van der Waals surface area contributed by atoms with E-state index in [9.17, 15) is 10.1 Å². The molecule has 2 N–H and O–H groups in total. The molecule has 0 radical (unpaired) electrons. The molecule has 2 aromatic rings. The van der Waals surface area contributed by atoms with E-state index in [1.54, 1.807) is 13.0 Å². The molecule has 0 aliphatic heterocycles. The van der Waals surface area contributed by atoms with Crippen molar-refractivity contribution in [2.45, 2.75) is 6.92 Å². The lowest BCUT2D eigenvalue weighted by atomic mass is 10.1. The summed E-state index contributed by atoms with van der Waals surface area (Å²) in [7, 11) is 0. The Hall–Kier alpha value is -2.44. The minimum atomic E-state index is -0.459. The van der Waals surface area contributed by atoms with Crippen LogP contribution in [0.2, 0.25) is 0 Å². The van der Waals surface area contributed by atoms with Gasteiger partial charge >= 0.3 is 0 Å². The molecule has 7 heteroatoms. The minimum Gasteiger partial charge on any atom is -0.365 e. The predicted molar refractivity (Wildman–Crippen MR) is 55.5 cm³/mol. The van der Waals surface area contributed by atoms with Gasteiger partial charge in [-0.3, -0.25) is 10.1 Å². The molecular weight excluding hydrogens is 212 g/mol. The van der Waals surface area contributed by atoms with E-state index >= 15 is 0 Å². The van der Waals surface area contributed by atoms with Crippen LogP contribution in [-0.2, 0) is 0 Å². The summed E-state index contributed by atoms with van der Waals surface area (Å²) in [5.74, 6) is 0.289. The van der Waals surface area contributed by atoms with Gasteiger partial charge in [-0.15, -0.1) is 0 Å². The van der Waals surface area contributed by atoms with Crippen molar-refractivity contribution in [3.63, 3.8) is 0 Å². The van der Waals surface area contributed by atoms with Crippen LogP contribution in [0.5, 0.6) is 0 Å². The van der Waals surface area contributed by atoms with Crippen molar-refractivity contribution in [1.82, 2.24) is 10.1 Å². The first-order valence-corrected chi connectivity index (χ1v) is 4.42. The number of nitro groups is 1. The largest absolute Gasteiger partial charge is 0.365 e. The van der Waals surface area contributed by atoms with E-state index in [1.807, 2.05) is 0 Å². The molecule has 7 nitrogen and oxygen atoms in total. The monoisotopic (exact) mass is 220 g/mol. The van der Waals surface area contributed by atoms with Crippen molar-refractivity contribution in [3.05, 3.63) is 33.9 Å². The van der Waals surface area contributed by atoms with Gasteiger partial charge in [-0.25, -0.2) is 0 Å². The molecule has 0 saturated heterocycles. The highest BCUT2D eigenvalue weighted by molar-refractivity contribution is 5.61. The Morgan fingerprint density at radius 1 is 1.50 bits per heavy atom. The number of aromatic nitrogens is 2. The van der Waals surface area contributed by atoms with E-state index in [2.05, 4.69) is 10.1 Å². The molecule has 0 bridgehead atoms. The van der Waals surface area contributed by atoms with Crippen LogP contribution in [0.15, 0.2) is 22.7 Å². The fraction of sp³-hybridized carbons (Fsp3) is 0.111. The average molecular weight is 220 g/mol. The highest BCUT2D eigenvalue weighted by atomic mass is 16.6. The first kappa shape index (κ1) is 10.1. The van der Waals surface area contributed by atoms with Crippen molar-refractivity contribution in [2.75, 3.05) is 5.73 Å². The molecule has 0 atom stereocenters. The third-order valence-corrected chi connectivity index (χ3v) is 2.09. The number of nitrogens with two attached hydrogens (primary N) is 1. The Balaban J connectivity index is 2.47. The molecule has 2 rings (SSSR count).